The minimum absolute atomic E-state index is 0.226. The smallest absolute Gasteiger partial charge is 0.233 e. The number of imidazole rings is 1. The first kappa shape index (κ1) is 9.81. The van der Waals surface area contributed by atoms with Crippen molar-refractivity contribution in [1.82, 2.24) is 20.2 Å². The summed E-state index contributed by atoms with van der Waals surface area (Å²) in [4.78, 5) is 6.85. The van der Waals surface area contributed by atoms with Crippen molar-refractivity contribution in [2.75, 3.05) is 0 Å². The number of nitrogens with two attached hydrogens (primary N) is 2. The molecule has 0 fully saturated rings. The van der Waals surface area contributed by atoms with Crippen LogP contribution in [-0.4, -0.2) is 20.2 Å². The SMILES string of the molecule is NCc1nnc(C(N)Cc2cnc[nH]2)o1. The summed E-state index contributed by atoms with van der Waals surface area (Å²) >= 11 is 0. The number of H-pyrrole nitrogens is 1. The molecule has 2 rings (SSSR count). The fourth-order valence-corrected chi connectivity index (χ4v) is 1.22. The molecule has 0 aliphatic heterocycles. The molecule has 2 heterocycles. The third kappa shape index (κ3) is 2.20. The maximum atomic E-state index is 5.87. The van der Waals surface area contributed by atoms with Gasteiger partial charge in [0.25, 0.3) is 0 Å². The first-order chi connectivity index (χ1) is 7.29. The maximum absolute atomic E-state index is 5.87. The Morgan fingerprint density at radius 2 is 2.33 bits per heavy atom. The van der Waals surface area contributed by atoms with E-state index in [4.69, 9.17) is 15.9 Å². The van der Waals surface area contributed by atoms with Crippen LogP contribution in [0, 0.1) is 0 Å². The zero-order valence-corrected chi connectivity index (χ0v) is 8.05. The number of hydrogen-bond acceptors (Lipinski definition) is 6. The van der Waals surface area contributed by atoms with Gasteiger partial charge in [-0.15, -0.1) is 10.2 Å². The second kappa shape index (κ2) is 4.20. The van der Waals surface area contributed by atoms with Crippen LogP contribution in [0.3, 0.4) is 0 Å². The Bertz CT molecular complexity index is 408. The van der Waals surface area contributed by atoms with Gasteiger partial charge in [0.05, 0.1) is 18.9 Å². The van der Waals surface area contributed by atoms with Gasteiger partial charge in [0, 0.05) is 18.3 Å². The van der Waals surface area contributed by atoms with Gasteiger partial charge in [-0.25, -0.2) is 4.98 Å². The fourth-order valence-electron chi connectivity index (χ4n) is 1.22. The third-order valence-electron chi connectivity index (χ3n) is 1.97. The molecule has 2 aromatic rings. The fraction of sp³-hybridized carbons (Fsp3) is 0.375. The number of nitrogens with one attached hydrogen (secondary N) is 1. The van der Waals surface area contributed by atoms with Crippen LogP contribution in [0.2, 0.25) is 0 Å². The molecule has 1 unspecified atom stereocenters. The van der Waals surface area contributed by atoms with Crippen molar-refractivity contribution in [3.05, 3.63) is 30.0 Å². The Morgan fingerprint density at radius 1 is 1.47 bits per heavy atom. The Morgan fingerprint density at radius 3 is 2.93 bits per heavy atom. The molecule has 0 saturated heterocycles. The van der Waals surface area contributed by atoms with E-state index in [9.17, 15) is 0 Å². The monoisotopic (exact) mass is 208 g/mol. The summed E-state index contributed by atoms with van der Waals surface area (Å²) in [7, 11) is 0. The zero-order valence-electron chi connectivity index (χ0n) is 8.05. The van der Waals surface area contributed by atoms with Crippen LogP contribution in [0.25, 0.3) is 0 Å². The van der Waals surface area contributed by atoms with Crippen molar-refractivity contribution < 1.29 is 4.42 Å². The van der Waals surface area contributed by atoms with Gasteiger partial charge in [0.1, 0.15) is 0 Å². The summed E-state index contributed by atoms with van der Waals surface area (Å²) in [5, 5.41) is 7.55. The quantitative estimate of drug-likeness (QED) is 0.622. The Balaban J connectivity index is 2.04. The van der Waals surface area contributed by atoms with Crippen LogP contribution in [0.15, 0.2) is 16.9 Å². The van der Waals surface area contributed by atoms with Gasteiger partial charge < -0.3 is 20.9 Å². The highest BCUT2D eigenvalue weighted by Gasteiger charge is 2.14. The molecule has 15 heavy (non-hydrogen) atoms. The lowest BCUT2D eigenvalue weighted by Crippen LogP contribution is -2.14. The minimum Gasteiger partial charge on any atom is -0.422 e. The van der Waals surface area contributed by atoms with E-state index in [1.165, 1.54) is 0 Å². The molecule has 80 valence electrons. The van der Waals surface area contributed by atoms with Gasteiger partial charge in [0.15, 0.2) is 0 Å². The van der Waals surface area contributed by atoms with E-state index in [1.54, 1.807) is 12.5 Å². The topological polar surface area (TPSA) is 120 Å². The van der Waals surface area contributed by atoms with Crippen molar-refractivity contribution >= 4 is 0 Å². The summed E-state index contributed by atoms with van der Waals surface area (Å²) in [5.41, 5.74) is 12.1. The predicted octanol–water partition coefficient (Wildman–Crippen LogP) is -0.506. The summed E-state index contributed by atoms with van der Waals surface area (Å²) < 4.78 is 5.24. The molecule has 0 saturated carbocycles. The third-order valence-corrected chi connectivity index (χ3v) is 1.97. The Kier molecular flexibility index (Phi) is 2.75. The highest BCUT2D eigenvalue weighted by atomic mass is 16.4. The number of aromatic amines is 1. The standard InChI is InChI=1S/C8H12N6O/c9-2-7-13-14-8(15-7)6(10)1-5-3-11-4-12-5/h3-4,6H,1-2,9-10H2,(H,11,12). The van der Waals surface area contributed by atoms with Gasteiger partial charge in [-0.05, 0) is 0 Å². The summed E-state index contributed by atoms with van der Waals surface area (Å²) in [6, 6.07) is -0.335. The van der Waals surface area contributed by atoms with E-state index >= 15 is 0 Å². The van der Waals surface area contributed by atoms with Crippen molar-refractivity contribution in [2.45, 2.75) is 19.0 Å². The van der Waals surface area contributed by atoms with Crippen molar-refractivity contribution in [3.8, 4) is 0 Å². The molecule has 0 aliphatic rings. The van der Waals surface area contributed by atoms with E-state index in [1.807, 2.05) is 0 Å². The molecule has 1 atom stereocenters. The van der Waals surface area contributed by atoms with Crippen LogP contribution in [0.1, 0.15) is 23.5 Å². The first-order valence-corrected chi connectivity index (χ1v) is 4.54. The molecule has 2 aromatic heterocycles. The summed E-state index contributed by atoms with van der Waals surface area (Å²) in [6.07, 6.45) is 3.88. The van der Waals surface area contributed by atoms with Crippen LogP contribution in [-0.2, 0) is 13.0 Å². The van der Waals surface area contributed by atoms with Crippen LogP contribution in [0.4, 0.5) is 0 Å². The van der Waals surface area contributed by atoms with Crippen molar-refractivity contribution in [3.63, 3.8) is 0 Å². The average Bonchev–Trinajstić information content (AvgIpc) is 2.86. The number of rotatable bonds is 4. The van der Waals surface area contributed by atoms with Gasteiger partial charge in [-0.1, -0.05) is 0 Å². The molecule has 0 aliphatic carbocycles. The van der Waals surface area contributed by atoms with Gasteiger partial charge in [0.2, 0.25) is 11.8 Å². The van der Waals surface area contributed by atoms with Crippen LogP contribution < -0.4 is 11.5 Å². The highest BCUT2D eigenvalue weighted by Crippen LogP contribution is 2.12. The molecule has 7 nitrogen and oxygen atoms in total. The van der Waals surface area contributed by atoms with Gasteiger partial charge in [-0.3, -0.25) is 0 Å². The van der Waals surface area contributed by atoms with E-state index in [0.717, 1.165) is 5.69 Å². The lowest BCUT2D eigenvalue weighted by Gasteiger charge is -2.03. The number of nitrogens with zero attached hydrogens (tertiary/aromatic N) is 3. The van der Waals surface area contributed by atoms with Gasteiger partial charge in [-0.2, -0.15) is 0 Å². The highest BCUT2D eigenvalue weighted by molar-refractivity contribution is 5.01. The molecule has 0 amide bonds. The first-order valence-electron chi connectivity index (χ1n) is 4.54. The Labute approximate surface area is 85.9 Å². The molecular weight excluding hydrogens is 196 g/mol. The number of aromatic nitrogens is 4. The van der Waals surface area contributed by atoms with Gasteiger partial charge >= 0.3 is 0 Å². The lowest BCUT2D eigenvalue weighted by atomic mass is 10.2. The molecule has 5 N–H and O–H groups in total. The van der Waals surface area contributed by atoms with Crippen molar-refractivity contribution in [1.29, 1.82) is 0 Å². The molecule has 0 spiro atoms. The maximum Gasteiger partial charge on any atom is 0.233 e. The molecule has 0 radical (unpaired) electrons. The second-order valence-corrected chi connectivity index (χ2v) is 3.13. The minimum atomic E-state index is -0.335. The van der Waals surface area contributed by atoms with Crippen LogP contribution in [0.5, 0.6) is 0 Å². The van der Waals surface area contributed by atoms with Crippen LogP contribution >= 0.6 is 0 Å². The lowest BCUT2D eigenvalue weighted by molar-refractivity contribution is 0.416. The largest absolute Gasteiger partial charge is 0.422 e. The zero-order chi connectivity index (χ0) is 10.7. The summed E-state index contributed by atoms with van der Waals surface area (Å²) in [6.45, 7) is 0.226. The van der Waals surface area contributed by atoms with E-state index in [0.29, 0.717) is 18.2 Å². The average molecular weight is 208 g/mol. The van der Waals surface area contributed by atoms with E-state index in [2.05, 4.69) is 20.2 Å². The van der Waals surface area contributed by atoms with Crippen molar-refractivity contribution in [2.24, 2.45) is 11.5 Å². The number of hydrogen-bond donors (Lipinski definition) is 3. The molecule has 0 bridgehead atoms. The molecule has 7 heteroatoms. The molecule has 0 aromatic carbocycles. The predicted molar refractivity (Wildman–Crippen MR) is 51.4 cm³/mol. The second-order valence-electron chi connectivity index (χ2n) is 3.13. The summed E-state index contributed by atoms with van der Waals surface area (Å²) in [5.74, 6) is 0.787. The van der Waals surface area contributed by atoms with E-state index in [-0.39, 0.29) is 12.6 Å². The van der Waals surface area contributed by atoms with E-state index < -0.39 is 0 Å². The Hall–Kier alpha value is -1.73. The normalized spacial score (nSPS) is 12.9. The molecular formula is C8H12N6O.